The van der Waals surface area contributed by atoms with Crippen LogP contribution in [0, 0.1) is 23.4 Å². The van der Waals surface area contributed by atoms with E-state index in [0.717, 1.165) is 44.6 Å². The average molecular weight is 335 g/mol. The van der Waals surface area contributed by atoms with Crippen LogP contribution in [0.5, 0.6) is 0 Å². The second-order valence-electron chi connectivity index (χ2n) is 6.19. The molecule has 2 fully saturated rings. The lowest BCUT2D eigenvalue weighted by Gasteiger charge is -2.34. The summed E-state index contributed by atoms with van der Waals surface area (Å²) >= 11 is 0. The van der Waals surface area contributed by atoms with Gasteiger partial charge in [0, 0.05) is 12.6 Å². The van der Waals surface area contributed by atoms with Crippen molar-refractivity contribution in [1.29, 1.82) is 0 Å². The summed E-state index contributed by atoms with van der Waals surface area (Å²) in [7, 11) is 0. The van der Waals surface area contributed by atoms with Gasteiger partial charge in [0.05, 0.1) is 0 Å². The Bertz CT molecular complexity index is 475. The van der Waals surface area contributed by atoms with E-state index in [2.05, 4.69) is 10.2 Å². The monoisotopic (exact) mass is 334 g/mol. The Morgan fingerprint density at radius 1 is 1.05 bits per heavy atom. The molecular weight excluding hydrogens is 313 g/mol. The first kappa shape index (κ1) is 17.6. The third-order valence-corrected chi connectivity index (χ3v) is 4.75. The highest BCUT2D eigenvalue weighted by Crippen LogP contribution is 2.26. The van der Waals surface area contributed by atoms with E-state index in [4.69, 9.17) is 0 Å². The lowest BCUT2D eigenvalue weighted by molar-refractivity contribution is 0.157. The average Bonchev–Trinajstić information content (AvgIpc) is 3.00. The molecule has 22 heavy (non-hydrogen) atoms. The van der Waals surface area contributed by atoms with E-state index in [1.807, 2.05) is 0 Å². The van der Waals surface area contributed by atoms with Gasteiger partial charge in [-0.3, -0.25) is 4.90 Å². The van der Waals surface area contributed by atoms with Gasteiger partial charge >= 0.3 is 0 Å². The van der Waals surface area contributed by atoms with Crippen LogP contribution < -0.4 is 5.32 Å². The largest absolute Gasteiger partial charge is 0.314 e. The van der Waals surface area contributed by atoms with E-state index < -0.39 is 17.5 Å². The van der Waals surface area contributed by atoms with Gasteiger partial charge in [0.2, 0.25) is 0 Å². The van der Waals surface area contributed by atoms with Crippen LogP contribution >= 0.6 is 12.4 Å². The lowest BCUT2D eigenvalue weighted by atomic mass is 9.88. The molecule has 0 radical (unpaired) electrons. The summed E-state index contributed by atoms with van der Waals surface area (Å²) in [6, 6.07) is 2.85. The molecule has 0 bridgehead atoms. The summed E-state index contributed by atoms with van der Waals surface area (Å²) < 4.78 is 39.4. The van der Waals surface area contributed by atoms with Crippen molar-refractivity contribution in [2.24, 2.45) is 5.92 Å². The summed E-state index contributed by atoms with van der Waals surface area (Å²) in [5, 5.41) is 3.55. The smallest absolute Gasteiger partial charge is 0.194 e. The van der Waals surface area contributed by atoms with Crippen LogP contribution in [-0.2, 0) is 6.54 Å². The number of nitrogens with zero attached hydrogens (tertiary/aromatic N) is 1. The highest BCUT2D eigenvalue weighted by Gasteiger charge is 2.28. The molecule has 2 aliphatic heterocycles. The Morgan fingerprint density at radius 3 is 2.23 bits per heavy atom. The third-order valence-electron chi connectivity index (χ3n) is 4.75. The van der Waals surface area contributed by atoms with Crippen molar-refractivity contribution in [3.05, 3.63) is 35.1 Å². The minimum absolute atomic E-state index is 0. The molecule has 0 aliphatic carbocycles. The molecule has 2 heterocycles. The minimum Gasteiger partial charge on any atom is -0.314 e. The van der Waals surface area contributed by atoms with Gasteiger partial charge in [0.1, 0.15) is 0 Å². The highest BCUT2D eigenvalue weighted by atomic mass is 35.5. The molecule has 1 N–H and O–H groups in total. The Hall–Kier alpha value is -0.780. The van der Waals surface area contributed by atoms with E-state index in [9.17, 15) is 13.2 Å². The van der Waals surface area contributed by atoms with Crippen LogP contribution in [0.2, 0.25) is 0 Å². The summed E-state index contributed by atoms with van der Waals surface area (Å²) in [6.45, 7) is 3.48. The van der Waals surface area contributed by atoms with Gasteiger partial charge in [0.15, 0.2) is 17.5 Å². The zero-order valence-corrected chi connectivity index (χ0v) is 13.3. The van der Waals surface area contributed by atoms with Crippen LogP contribution in [0.25, 0.3) is 0 Å². The van der Waals surface area contributed by atoms with Crippen LogP contribution in [-0.4, -0.2) is 30.6 Å². The zero-order chi connectivity index (χ0) is 14.8. The predicted octanol–water partition coefficient (Wildman–Crippen LogP) is 3.49. The standard InChI is InChI=1S/C16H21F3N2.ClH/c17-13-8-11(9-14(18)16(13)19)10-21-6-3-12(4-7-21)15-2-1-5-20-15;/h8-9,12,15,20H,1-7,10H2;1H. The van der Waals surface area contributed by atoms with E-state index in [-0.39, 0.29) is 12.4 Å². The first-order chi connectivity index (χ1) is 10.1. The van der Waals surface area contributed by atoms with Gasteiger partial charge < -0.3 is 5.32 Å². The first-order valence-corrected chi connectivity index (χ1v) is 7.72. The van der Waals surface area contributed by atoms with Gasteiger partial charge in [-0.25, -0.2) is 13.2 Å². The fourth-order valence-corrected chi connectivity index (χ4v) is 3.58. The maximum atomic E-state index is 13.2. The fourth-order valence-electron chi connectivity index (χ4n) is 3.58. The van der Waals surface area contributed by atoms with Crippen molar-refractivity contribution in [2.75, 3.05) is 19.6 Å². The van der Waals surface area contributed by atoms with Crippen LogP contribution in [0.4, 0.5) is 13.2 Å². The maximum Gasteiger partial charge on any atom is 0.194 e. The number of hydrogen-bond donors (Lipinski definition) is 1. The molecule has 1 atom stereocenters. The number of likely N-dealkylation sites (tertiary alicyclic amines) is 1. The number of hydrogen-bond acceptors (Lipinski definition) is 2. The Balaban J connectivity index is 0.00000176. The molecular formula is C16H22ClF3N2. The molecule has 0 amide bonds. The van der Waals surface area contributed by atoms with E-state index in [1.165, 1.54) is 12.8 Å². The molecule has 0 spiro atoms. The zero-order valence-electron chi connectivity index (χ0n) is 12.5. The van der Waals surface area contributed by atoms with Crippen molar-refractivity contribution in [2.45, 2.75) is 38.3 Å². The minimum atomic E-state index is -1.38. The van der Waals surface area contributed by atoms with Gasteiger partial charge in [-0.1, -0.05) is 0 Å². The predicted molar refractivity (Wildman–Crippen MR) is 82.6 cm³/mol. The molecule has 1 aromatic carbocycles. The van der Waals surface area contributed by atoms with Crippen LogP contribution in [0.3, 0.4) is 0 Å². The molecule has 1 aromatic rings. The highest BCUT2D eigenvalue weighted by molar-refractivity contribution is 5.85. The summed E-state index contributed by atoms with van der Waals surface area (Å²) in [4.78, 5) is 2.19. The first-order valence-electron chi connectivity index (χ1n) is 7.72. The Morgan fingerprint density at radius 2 is 1.68 bits per heavy atom. The van der Waals surface area contributed by atoms with E-state index >= 15 is 0 Å². The number of rotatable bonds is 3. The second kappa shape index (κ2) is 7.66. The van der Waals surface area contributed by atoms with E-state index in [0.29, 0.717) is 24.1 Å². The van der Waals surface area contributed by atoms with Crippen molar-refractivity contribution in [3.8, 4) is 0 Å². The molecule has 2 nitrogen and oxygen atoms in total. The van der Waals surface area contributed by atoms with Crippen molar-refractivity contribution >= 4 is 12.4 Å². The lowest BCUT2D eigenvalue weighted by Crippen LogP contribution is -2.40. The van der Waals surface area contributed by atoms with E-state index in [1.54, 1.807) is 0 Å². The quantitative estimate of drug-likeness (QED) is 0.851. The van der Waals surface area contributed by atoms with Gasteiger partial charge in [-0.2, -0.15) is 0 Å². The molecule has 2 saturated heterocycles. The number of halogens is 4. The fraction of sp³-hybridized carbons (Fsp3) is 0.625. The maximum absolute atomic E-state index is 13.2. The topological polar surface area (TPSA) is 15.3 Å². The normalized spacial score (nSPS) is 23.5. The molecule has 1 unspecified atom stereocenters. The molecule has 0 saturated carbocycles. The third kappa shape index (κ3) is 3.94. The number of nitrogens with one attached hydrogen (secondary N) is 1. The van der Waals surface area contributed by atoms with Crippen molar-refractivity contribution < 1.29 is 13.2 Å². The van der Waals surface area contributed by atoms with Gasteiger partial charge in [-0.15, -0.1) is 12.4 Å². The van der Waals surface area contributed by atoms with Gasteiger partial charge in [-0.05, 0) is 68.9 Å². The van der Waals surface area contributed by atoms with Crippen LogP contribution in [0.1, 0.15) is 31.2 Å². The second-order valence-corrected chi connectivity index (χ2v) is 6.19. The van der Waals surface area contributed by atoms with Gasteiger partial charge in [0.25, 0.3) is 0 Å². The SMILES string of the molecule is Cl.Fc1cc(CN2CCC(C3CCCN3)CC2)cc(F)c1F. The van der Waals surface area contributed by atoms with Crippen molar-refractivity contribution in [3.63, 3.8) is 0 Å². The molecule has 0 aromatic heterocycles. The number of piperidine rings is 1. The number of benzene rings is 1. The van der Waals surface area contributed by atoms with Crippen molar-refractivity contribution in [1.82, 2.24) is 10.2 Å². The molecule has 124 valence electrons. The Kier molecular flexibility index (Phi) is 6.12. The molecule has 3 rings (SSSR count). The van der Waals surface area contributed by atoms with Crippen LogP contribution in [0.15, 0.2) is 12.1 Å². The summed E-state index contributed by atoms with van der Waals surface area (Å²) in [5.74, 6) is -2.87. The molecule has 2 aliphatic rings. The summed E-state index contributed by atoms with van der Waals surface area (Å²) in [6.07, 6.45) is 4.76. The summed E-state index contributed by atoms with van der Waals surface area (Å²) in [5.41, 5.74) is 0.504. The Labute approximate surface area is 135 Å². The molecule has 6 heteroatoms.